The zero-order valence-corrected chi connectivity index (χ0v) is 16.9. The first kappa shape index (κ1) is 22.5. The smallest absolute Gasteiger partial charge is 0.349 e. The molecule has 0 atom stereocenters. The normalized spacial score (nSPS) is 12.4. The van der Waals surface area contributed by atoms with E-state index in [9.17, 15) is 9.90 Å². The van der Waals surface area contributed by atoms with Gasteiger partial charge in [-0.15, -0.1) is 5.10 Å². The van der Waals surface area contributed by atoms with E-state index in [0.29, 0.717) is 17.9 Å². The van der Waals surface area contributed by atoms with Crippen molar-refractivity contribution in [3.05, 3.63) is 77.2 Å². The molecule has 158 valence electrons. The van der Waals surface area contributed by atoms with E-state index in [0.717, 1.165) is 5.56 Å². The first-order valence-corrected chi connectivity index (χ1v) is 9.42. The van der Waals surface area contributed by atoms with Crippen LogP contribution >= 0.6 is 0 Å². The number of nitrogens with zero attached hydrogens (tertiary/aromatic N) is 2. The van der Waals surface area contributed by atoms with Gasteiger partial charge in [-0.25, -0.2) is 4.79 Å². The van der Waals surface area contributed by atoms with Crippen LogP contribution in [0.4, 0.5) is 0 Å². The molecule has 0 aliphatic rings. The van der Waals surface area contributed by atoms with Crippen molar-refractivity contribution in [3.8, 4) is 5.75 Å². The van der Waals surface area contributed by atoms with Crippen LogP contribution in [-0.2, 0) is 20.9 Å². The minimum atomic E-state index is -0.851. The molecule has 0 saturated carbocycles. The van der Waals surface area contributed by atoms with Crippen LogP contribution in [-0.4, -0.2) is 36.3 Å². The van der Waals surface area contributed by atoms with Crippen LogP contribution in [0.5, 0.6) is 5.75 Å². The number of nitrogens with two attached hydrogens (primary N) is 1. The summed E-state index contributed by atoms with van der Waals surface area (Å²) in [5.74, 6) is -1.17. The van der Waals surface area contributed by atoms with Gasteiger partial charge in [0.05, 0.1) is 19.4 Å². The molecule has 2 aromatic rings. The van der Waals surface area contributed by atoms with Gasteiger partial charge in [-0.1, -0.05) is 42.5 Å². The number of carbonyl (C=O) groups excluding carboxylic acids is 1. The number of ether oxygens (including phenoxy) is 3. The Morgan fingerprint density at radius 1 is 1.07 bits per heavy atom. The molecule has 3 N–H and O–H groups in total. The summed E-state index contributed by atoms with van der Waals surface area (Å²) >= 11 is 0. The summed E-state index contributed by atoms with van der Waals surface area (Å²) in [7, 11) is 0. The van der Waals surface area contributed by atoms with Gasteiger partial charge in [0.15, 0.2) is 11.4 Å². The number of aliphatic hydroxyl groups is 1. The van der Waals surface area contributed by atoms with E-state index in [2.05, 4.69) is 10.2 Å². The molecule has 0 bridgehead atoms. The van der Waals surface area contributed by atoms with E-state index in [1.54, 1.807) is 19.9 Å². The van der Waals surface area contributed by atoms with E-state index < -0.39 is 11.9 Å². The van der Waals surface area contributed by atoms with Crippen LogP contribution in [0.2, 0.25) is 0 Å². The van der Waals surface area contributed by atoms with Crippen molar-refractivity contribution in [2.24, 2.45) is 15.9 Å². The van der Waals surface area contributed by atoms with Crippen LogP contribution < -0.4 is 10.5 Å². The summed E-state index contributed by atoms with van der Waals surface area (Å²) in [6, 6.07) is 17.1. The largest absolute Gasteiger partial charge is 0.489 e. The third kappa shape index (κ3) is 6.97. The van der Waals surface area contributed by atoms with E-state index in [-0.39, 0.29) is 24.6 Å². The number of carbonyl (C=O) groups is 1. The van der Waals surface area contributed by atoms with Gasteiger partial charge < -0.3 is 25.1 Å². The van der Waals surface area contributed by atoms with Crippen molar-refractivity contribution in [3.63, 3.8) is 0 Å². The van der Waals surface area contributed by atoms with Gasteiger partial charge in [-0.3, -0.25) is 0 Å². The minimum Gasteiger partial charge on any atom is -0.489 e. The molecule has 2 rings (SSSR count). The molecule has 0 unspecified atom stereocenters. The third-order valence-electron chi connectivity index (χ3n) is 3.71. The lowest BCUT2D eigenvalue weighted by molar-refractivity contribution is -0.138. The molecular weight excluding hydrogens is 386 g/mol. The van der Waals surface area contributed by atoms with E-state index in [1.165, 1.54) is 6.21 Å². The van der Waals surface area contributed by atoms with Gasteiger partial charge in [-0.05, 0) is 37.1 Å². The van der Waals surface area contributed by atoms with Gasteiger partial charge >= 0.3 is 5.97 Å². The summed E-state index contributed by atoms with van der Waals surface area (Å²) in [6.45, 7) is 3.97. The molecule has 0 heterocycles. The van der Waals surface area contributed by atoms with Crippen LogP contribution in [0.25, 0.3) is 0 Å². The standard InChI is InChI=1S/C22H25N3O5/c1-3-28-21(26)19(22(27)29-4-2)20(23)25-24-14-17-11-8-12-18(13-17)30-15-16-9-6-5-7-10-16/h5-14,26H,3-4,15H2,1-2H3,(H2,23,25)/b21-19-,24-14?. The lowest BCUT2D eigenvalue weighted by atomic mass is 10.2. The van der Waals surface area contributed by atoms with Crippen LogP contribution in [0.3, 0.4) is 0 Å². The van der Waals surface area contributed by atoms with Gasteiger partial charge in [0.1, 0.15) is 12.4 Å². The molecule has 0 fully saturated rings. The fourth-order valence-electron chi connectivity index (χ4n) is 2.35. The molecule has 30 heavy (non-hydrogen) atoms. The zero-order valence-electron chi connectivity index (χ0n) is 16.9. The molecule has 8 heteroatoms. The Hall–Kier alpha value is -3.81. The molecule has 0 aromatic heterocycles. The maximum atomic E-state index is 12.0. The number of hydrogen-bond acceptors (Lipinski definition) is 7. The number of esters is 1. The second kappa shape index (κ2) is 11.9. The Morgan fingerprint density at radius 2 is 1.80 bits per heavy atom. The summed E-state index contributed by atoms with van der Waals surface area (Å²) in [4.78, 5) is 12.0. The quantitative estimate of drug-likeness (QED) is 0.155. The highest BCUT2D eigenvalue weighted by Gasteiger charge is 2.22. The highest BCUT2D eigenvalue weighted by molar-refractivity contribution is 6.18. The van der Waals surface area contributed by atoms with Crippen molar-refractivity contribution in [2.75, 3.05) is 13.2 Å². The SMILES string of the molecule is CCOC(=O)C(/C(N)=N/N=Cc1cccc(OCc2ccccc2)c1)=C(/O)OCC. The maximum absolute atomic E-state index is 12.0. The number of rotatable bonds is 10. The number of hydrogen-bond donors (Lipinski definition) is 2. The Kier molecular flexibility index (Phi) is 8.92. The van der Waals surface area contributed by atoms with Crippen molar-refractivity contribution in [1.29, 1.82) is 0 Å². The number of amidine groups is 1. The summed E-state index contributed by atoms with van der Waals surface area (Å²) in [5.41, 5.74) is 7.19. The second-order valence-corrected chi connectivity index (χ2v) is 5.91. The zero-order chi connectivity index (χ0) is 21.8. The highest BCUT2D eigenvalue weighted by Crippen LogP contribution is 2.14. The summed E-state index contributed by atoms with van der Waals surface area (Å²) in [5, 5.41) is 17.6. The van der Waals surface area contributed by atoms with Gasteiger partial charge in [-0.2, -0.15) is 5.10 Å². The van der Waals surface area contributed by atoms with E-state index in [1.807, 2.05) is 48.5 Å². The fraction of sp³-hybridized carbons (Fsp3) is 0.227. The average Bonchev–Trinajstić information content (AvgIpc) is 2.74. The molecule has 0 aliphatic carbocycles. The van der Waals surface area contributed by atoms with Crippen molar-refractivity contribution < 1.29 is 24.1 Å². The molecule has 8 nitrogen and oxygen atoms in total. The van der Waals surface area contributed by atoms with Crippen molar-refractivity contribution in [1.82, 2.24) is 0 Å². The second-order valence-electron chi connectivity index (χ2n) is 5.91. The maximum Gasteiger partial charge on any atom is 0.349 e. The molecule has 0 spiro atoms. The topological polar surface area (TPSA) is 116 Å². The van der Waals surface area contributed by atoms with Crippen molar-refractivity contribution >= 4 is 18.0 Å². The fourth-order valence-corrected chi connectivity index (χ4v) is 2.35. The predicted molar refractivity (Wildman–Crippen MR) is 114 cm³/mol. The molecule has 2 aromatic carbocycles. The highest BCUT2D eigenvalue weighted by atomic mass is 16.6. The molecule has 0 saturated heterocycles. The third-order valence-corrected chi connectivity index (χ3v) is 3.71. The molecular formula is C22H25N3O5. The Labute approximate surface area is 175 Å². The number of aliphatic hydroxyl groups excluding tert-OH is 1. The Bertz CT molecular complexity index is 923. The summed E-state index contributed by atoms with van der Waals surface area (Å²) < 4.78 is 15.6. The lowest BCUT2D eigenvalue weighted by Crippen LogP contribution is -2.25. The molecule has 0 aliphatic heterocycles. The number of benzene rings is 2. The Balaban J connectivity index is 2.10. The van der Waals surface area contributed by atoms with Gasteiger partial charge in [0.2, 0.25) is 0 Å². The molecule has 0 amide bonds. The van der Waals surface area contributed by atoms with E-state index in [4.69, 9.17) is 19.9 Å². The first-order valence-electron chi connectivity index (χ1n) is 9.42. The van der Waals surface area contributed by atoms with Crippen LogP contribution in [0.15, 0.2) is 76.3 Å². The monoisotopic (exact) mass is 411 g/mol. The lowest BCUT2D eigenvalue weighted by Gasteiger charge is -2.08. The Morgan fingerprint density at radius 3 is 2.50 bits per heavy atom. The minimum absolute atomic E-state index is 0.105. The average molecular weight is 411 g/mol. The molecule has 0 radical (unpaired) electrons. The van der Waals surface area contributed by atoms with Crippen LogP contribution in [0.1, 0.15) is 25.0 Å². The van der Waals surface area contributed by atoms with Crippen LogP contribution in [0, 0.1) is 0 Å². The first-order chi connectivity index (χ1) is 14.5. The predicted octanol–water partition coefficient (Wildman–Crippen LogP) is 3.33. The van der Waals surface area contributed by atoms with Crippen molar-refractivity contribution in [2.45, 2.75) is 20.5 Å². The summed E-state index contributed by atoms with van der Waals surface area (Å²) in [6.07, 6.45) is 1.45. The van der Waals surface area contributed by atoms with Gasteiger partial charge in [0.25, 0.3) is 5.95 Å². The van der Waals surface area contributed by atoms with Gasteiger partial charge in [0, 0.05) is 0 Å². The van der Waals surface area contributed by atoms with E-state index >= 15 is 0 Å².